The molecule has 8 nitrogen and oxygen atoms in total. The first-order chi connectivity index (χ1) is 14.5. The Morgan fingerprint density at radius 2 is 2.03 bits per heavy atom. The lowest BCUT2D eigenvalue weighted by Crippen LogP contribution is -2.43. The summed E-state index contributed by atoms with van der Waals surface area (Å²) in [6.45, 7) is 0. The third-order valence-electron chi connectivity index (χ3n) is 5.04. The Hall–Kier alpha value is -3.33. The zero-order chi connectivity index (χ0) is 21.3. The number of aromatic amines is 1. The molecule has 2 N–H and O–H groups in total. The van der Waals surface area contributed by atoms with Crippen molar-refractivity contribution in [3.63, 3.8) is 0 Å². The summed E-state index contributed by atoms with van der Waals surface area (Å²) >= 11 is 1.55. The van der Waals surface area contributed by atoms with E-state index in [0.29, 0.717) is 28.8 Å². The molecule has 0 saturated heterocycles. The lowest BCUT2D eigenvalue weighted by Gasteiger charge is -2.19. The molecule has 0 spiro atoms. The minimum atomic E-state index is -0.933. The molecule has 0 unspecified atom stereocenters. The van der Waals surface area contributed by atoms with Gasteiger partial charge in [0.05, 0.1) is 28.3 Å². The number of nitrogens with one attached hydrogen (secondary N) is 2. The van der Waals surface area contributed by atoms with E-state index in [2.05, 4.69) is 15.3 Å². The van der Waals surface area contributed by atoms with Gasteiger partial charge < -0.3 is 14.9 Å². The van der Waals surface area contributed by atoms with Crippen LogP contribution in [-0.4, -0.2) is 37.0 Å². The van der Waals surface area contributed by atoms with Crippen LogP contribution in [0.1, 0.15) is 12.5 Å². The van der Waals surface area contributed by atoms with Crippen molar-refractivity contribution in [1.29, 1.82) is 0 Å². The summed E-state index contributed by atoms with van der Waals surface area (Å²) in [4.78, 5) is 45.9. The third-order valence-corrected chi connectivity index (χ3v) is 5.68. The van der Waals surface area contributed by atoms with Gasteiger partial charge in [-0.3, -0.25) is 9.59 Å². The number of fused-ring (bicyclic) bond motifs is 2. The van der Waals surface area contributed by atoms with Crippen molar-refractivity contribution in [3.05, 3.63) is 69.6 Å². The van der Waals surface area contributed by atoms with Gasteiger partial charge in [-0.25, -0.2) is 14.3 Å². The van der Waals surface area contributed by atoms with E-state index in [1.165, 1.54) is 0 Å². The van der Waals surface area contributed by atoms with E-state index >= 15 is 0 Å². The van der Waals surface area contributed by atoms with Gasteiger partial charge in [0.15, 0.2) is 0 Å². The topological polar surface area (TPSA) is 102 Å². The third kappa shape index (κ3) is 3.63. The number of aryl methyl sites for hydroxylation is 1. The minimum absolute atomic E-state index is 0.347. The van der Waals surface area contributed by atoms with Crippen molar-refractivity contribution >= 4 is 45.3 Å². The fraction of sp³-hybridized carbons (Fsp3) is 0.238. The normalized spacial score (nSPS) is 12.3. The number of hydrogen-bond acceptors (Lipinski definition) is 5. The van der Waals surface area contributed by atoms with Gasteiger partial charge in [-0.05, 0) is 48.8 Å². The maximum absolute atomic E-state index is 13.1. The van der Waals surface area contributed by atoms with Gasteiger partial charge in [0.2, 0.25) is 5.91 Å². The number of carbonyl (C=O) groups excluding carboxylic acids is 1. The summed E-state index contributed by atoms with van der Waals surface area (Å²) in [5, 5.41) is 3.21. The quantitative estimate of drug-likeness (QED) is 0.496. The van der Waals surface area contributed by atoms with E-state index in [9.17, 15) is 14.4 Å². The van der Waals surface area contributed by atoms with Crippen LogP contribution in [0.25, 0.3) is 21.9 Å². The summed E-state index contributed by atoms with van der Waals surface area (Å²) < 4.78 is 2.91. The summed E-state index contributed by atoms with van der Waals surface area (Å²) in [5.41, 5.74) is 1.63. The van der Waals surface area contributed by atoms with Crippen LogP contribution < -0.4 is 16.6 Å². The molecule has 0 saturated carbocycles. The number of imidazole rings is 1. The van der Waals surface area contributed by atoms with Crippen LogP contribution in [0.3, 0.4) is 0 Å². The van der Waals surface area contributed by atoms with Gasteiger partial charge in [-0.2, -0.15) is 11.8 Å². The molecule has 2 aromatic carbocycles. The van der Waals surface area contributed by atoms with Crippen molar-refractivity contribution in [2.45, 2.75) is 12.5 Å². The average molecular weight is 423 g/mol. The van der Waals surface area contributed by atoms with Crippen molar-refractivity contribution in [2.24, 2.45) is 7.05 Å². The van der Waals surface area contributed by atoms with E-state index in [-0.39, 0.29) is 0 Å². The number of para-hydroxylation sites is 1. The Kier molecular flexibility index (Phi) is 5.45. The summed E-state index contributed by atoms with van der Waals surface area (Å²) in [6, 6.07) is 11.3. The van der Waals surface area contributed by atoms with E-state index in [1.807, 2.05) is 23.9 Å². The van der Waals surface area contributed by atoms with Crippen molar-refractivity contribution < 1.29 is 4.79 Å². The molecule has 0 fully saturated rings. The van der Waals surface area contributed by atoms with Crippen LogP contribution in [0.15, 0.2) is 58.4 Å². The number of H-pyrrole nitrogens is 1. The molecule has 0 aliphatic heterocycles. The molecule has 0 aliphatic rings. The maximum atomic E-state index is 13.1. The zero-order valence-corrected chi connectivity index (χ0v) is 17.4. The summed E-state index contributed by atoms with van der Waals surface area (Å²) in [5.74, 6) is 0.206. The van der Waals surface area contributed by atoms with E-state index in [0.717, 1.165) is 15.6 Å². The predicted molar refractivity (Wildman–Crippen MR) is 120 cm³/mol. The number of benzene rings is 2. The largest absolute Gasteiger partial charge is 0.334 e. The van der Waals surface area contributed by atoms with Gasteiger partial charge in [-0.15, -0.1) is 0 Å². The highest BCUT2D eigenvalue weighted by molar-refractivity contribution is 7.98. The number of anilines is 1. The van der Waals surface area contributed by atoms with Crippen LogP contribution >= 0.6 is 11.8 Å². The first-order valence-corrected chi connectivity index (χ1v) is 10.8. The molecule has 1 amide bonds. The second-order valence-corrected chi connectivity index (χ2v) is 7.98. The maximum Gasteiger partial charge on any atom is 0.329 e. The predicted octanol–water partition coefficient (Wildman–Crippen LogP) is 2.51. The van der Waals surface area contributed by atoms with Crippen molar-refractivity contribution in [3.8, 4) is 0 Å². The van der Waals surface area contributed by atoms with Gasteiger partial charge in [0.25, 0.3) is 5.56 Å². The molecular formula is C21H21N5O3S. The number of hydrogen-bond donors (Lipinski definition) is 2. The first kappa shape index (κ1) is 20.0. The van der Waals surface area contributed by atoms with Gasteiger partial charge in [0.1, 0.15) is 6.04 Å². The Balaban J connectivity index is 1.73. The average Bonchev–Trinajstić information content (AvgIpc) is 3.10. The molecule has 2 heterocycles. The molecule has 2 aromatic heterocycles. The zero-order valence-electron chi connectivity index (χ0n) is 16.6. The van der Waals surface area contributed by atoms with Crippen LogP contribution in [-0.2, 0) is 11.8 Å². The molecule has 154 valence electrons. The van der Waals surface area contributed by atoms with E-state index in [4.69, 9.17) is 0 Å². The van der Waals surface area contributed by atoms with E-state index in [1.54, 1.807) is 54.5 Å². The Morgan fingerprint density at radius 1 is 1.23 bits per heavy atom. The minimum Gasteiger partial charge on any atom is -0.334 e. The molecule has 0 radical (unpaired) electrons. The van der Waals surface area contributed by atoms with Crippen LogP contribution in [0.2, 0.25) is 0 Å². The summed E-state index contributed by atoms with van der Waals surface area (Å²) in [6.07, 6.45) is 3.96. The van der Waals surface area contributed by atoms with Crippen molar-refractivity contribution in [2.75, 3.05) is 17.3 Å². The number of rotatable bonds is 6. The lowest BCUT2D eigenvalue weighted by molar-refractivity contribution is -0.119. The second-order valence-electron chi connectivity index (χ2n) is 7.00. The highest BCUT2D eigenvalue weighted by Gasteiger charge is 2.25. The number of carbonyl (C=O) groups is 1. The molecule has 30 heavy (non-hydrogen) atoms. The SMILES string of the molecule is CSCC[C@@H](C(=O)Nc1ccc2c(c1)ncn2C)n1c(=O)[nH]c2ccccc2c1=O. The number of nitrogens with zero attached hydrogens (tertiary/aromatic N) is 3. The van der Waals surface area contributed by atoms with Crippen LogP contribution in [0.4, 0.5) is 5.69 Å². The smallest absolute Gasteiger partial charge is 0.329 e. The molecule has 0 aliphatic carbocycles. The first-order valence-electron chi connectivity index (χ1n) is 9.44. The lowest BCUT2D eigenvalue weighted by atomic mass is 10.1. The molecule has 1 atom stereocenters. The van der Waals surface area contributed by atoms with Crippen LogP contribution in [0.5, 0.6) is 0 Å². The standard InChI is InChI=1S/C21H21N5O3S/c1-25-12-22-16-11-13(7-8-17(16)25)23-19(27)18(9-10-30-2)26-20(28)14-5-3-4-6-15(14)24-21(26)29/h3-8,11-12,18H,9-10H2,1-2H3,(H,23,27)(H,24,29)/t18-/m0/s1. The number of thioether (sulfide) groups is 1. The monoisotopic (exact) mass is 423 g/mol. The van der Waals surface area contributed by atoms with Gasteiger partial charge in [0, 0.05) is 12.7 Å². The molecule has 4 rings (SSSR count). The van der Waals surface area contributed by atoms with Crippen LogP contribution in [0, 0.1) is 0 Å². The molecule has 0 bridgehead atoms. The molecule has 4 aromatic rings. The number of aromatic nitrogens is 4. The fourth-order valence-electron chi connectivity index (χ4n) is 3.51. The van der Waals surface area contributed by atoms with Gasteiger partial charge >= 0.3 is 5.69 Å². The Labute approximate surface area is 175 Å². The number of amides is 1. The van der Waals surface area contributed by atoms with Crippen molar-refractivity contribution in [1.82, 2.24) is 19.1 Å². The molecular weight excluding hydrogens is 402 g/mol. The Bertz CT molecular complexity index is 1350. The molecule has 9 heteroatoms. The second kappa shape index (κ2) is 8.19. The fourth-order valence-corrected chi connectivity index (χ4v) is 3.96. The van der Waals surface area contributed by atoms with Gasteiger partial charge in [-0.1, -0.05) is 12.1 Å². The summed E-state index contributed by atoms with van der Waals surface area (Å²) in [7, 11) is 1.89. The highest BCUT2D eigenvalue weighted by Crippen LogP contribution is 2.20. The Morgan fingerprint density at radius 3 is 2.83 bits per heavy atom. The van der Waals surface area contributed by atoms with E-state index < -0.39 is 23.2 Å². The highest BCUT2D eigenvalue weighted by atomic mass is 32.2.